The summed E-state index contributed by atoms with van der Waals surface area (Å²) < 4.78 is 16.4. The number of amides is 1. The average molecular weight is 392 g/mol. The zero-order valence-corrected chi connectivity index (χ0v) is 17.2. The first-order chi connectivity index (χ1) is 12.9. The van der Waals surface area contributed by atoms with Crippen molar-refractivity contribution < 1.29 is 19.0 Å². The van der Waals surface area contributed by atoms with Crippen molar-refractivity contribution in [2.75, 3.05) is 27.9 Å². The molecule has 0 aliphatic rings. The zero-order valence-electron chi connectivity index (χ0n) is 16.4. The lowest BCUT2D eigenvalue weighted by Gasteiger charge is -2.27. The molecule has 1 unspecified atom stereocenters. The number of hydrogen-bond acceptors (Lipinski definition) is 4. The Kier molecular flexibility index (Phi) is 7.36. The van der Waals surface area contributed by atoms with Crippen molar-refractivity contribution in [3.05, 3.63) is 52.5 Å². The van der Waals surface area contributed by atoms with Crippen LogP contribution < -0.4 is 14.2 Å². The van der Waals surface area contributed by atoms with Gasteiger partial charge in [-0.05, 0) is 31.5 Å². The van der Waals surface area contributed by atoms with E-state index in [0.29, 0.717) is 28.7 Å². The van der Waals surface area contributed by atoms with E-state index in [1.54, 1.807) is 31.2 Å². The van der Waals surface area contributed by atoms with E-state index in [1.807, 2.05) is 38.1 Å². The van der Waals surface area contributed by atoms with E-state index < -0.39 is 0 Å². The van der Waals surface area contributed by atoms with Crippen molar-refractivity contribution in [1.29, 1.82) is 0 Å². The molecule has 27 heavy (non-hydrogen) atoms. The van der Waals surface area contributed by atoms with Crippen LogP contribution in [0.5, 0.6) is 17.2 Å². The van der Waals surface area contributed by atoms with Gasteiger partial charge < -0.3 is 19.1 Å². The third-order valence-electron chi connectivity index (χ3n) is 4.42. The number of carbonyl (C=O) groups is 1. The lowest BCUT2D eigenvalue weighted by atomic mass is 10.0. The van der Waals surface area contributed by atoms with E-state index in [4.69, 9.17) is 25.8 Å². The van der Waals surface area contributed by atoms with Crippen LogP contribution in [0.15, 0.2) is 36.4 Å². The van der Waals surface area contributed by atoms with Crippen LogP contribution in [0.2, 0.25) is 5.02 Å². The van der Waals surface area contributed by atoms with E-state index in [2.05, 4.69) is 0 Å². The van der Waals surface area contributed by atoms with Crippen LogP contribution in [0.3, 0.4) is 0 Å². The summed E-state index contributed by atoms with van der Waals surface area (Å²) in [4.78, 5) is 14.7. The number of rotatable bonds is 8. The van der Waals surface area contributed by atoms with Gasteiger partial charge in [0, 0.05) is 18.2 Å². The van der Waals surface area contributed by atoms with Gasteiger partial charge in [0.2, 0.25) is 0 Å². The third kappa shape index (κ3) is 4.66. The lowest BCUT2D eigenvalue weighted by Crippen LogP contribution is -2.30. The SMILES string of the molecule is CCCOc1c(Cl)cc(C(=O)N(C)C(C)c2ccccc2OC)cc1OC. The molecule has 2 rings (SSSR count). The van der Waals surface area contributed by atoms with Gasteiger partial charge in [-0.25, -0.2) is 0 Å². The largest absolute Gasteiger partial charge is 0.496 e. The number of benzene rings is 2. The molecular formula is C21H26ClNO4. The minimum Gasteiger partial charge on any atom is -0.496 e. The molecule has 0 heterocycles. The van der Waals surface area contributed by atoms with Crippen LogP contribution in [0, 0.1) is 0 Å². The molecule has 1 amide bonds. The highest BCUT2D eigenvalue weighted by atomic mass is 35.5. The predicted octanol–water partition coefficient (Wildman–Crippen LogP) is 4.98. The van der Waals surface area contributed by atoms with Gasteiger partial charge in [-0.3, -0.25) is 4.79 Å². The minimum absolute atomic E-state index is 0.171. The highest BCUT2D eigenvalue weighted by Crippen LogP contribution is 2.37. The molecule has 0 bridgehead atoms. The Labute approximate surface area is 165 Å². The van der Waals surface area contributed by atoms with Gasteiger partial charge in [0.25, 0.3) is 5.91 Å². The molecule has 0 saturated heterocycles. The van der Waals surface area contributed by atoms with Crippen molar-refractivity contribution in [2.24, 2.45) is 0 Å². The molecule has 2 aromatic carbocycles. The molecule has 2 aromatic rings. The first-order valence-electron chi connectivity index (χ1n) is 8.84. The first kappa shape index (κ1) is 20.9. The Balaban J connectivity index is 2.32. The molecule has 0 radical (unpaired) electrons. The highest BCUT2D eigenvalue weighted by molar-refractivity contribution is 6.32. The molecule has 0 aromatic heterocycles. The predicted molar refractivity (Wildman–Crippen MR) is 107 cm³/mol. The van der Waals surface area contributed by atoms with Gasteiger partial charge in [0.15, 0.2) is 11.5 Å². The van der Waals surface area contributed by atoms with E-state index in [9.17, 15) is 4.79 Å². The third-order valence-corrected chi connectivity index (χ3v) is 4.70. The summed E-state index contributed by atoms with van der Waals surface area (Å²) in [5.74, 6) is 1.47. The summed E-state index contributed by atoms with van der Waals surface area (Å²) >= 11 is 6.35. The number of para-hydroxylation sites is 1. The fourth-order valence-electron chi connectivity index (χ4n) is 2.79. The number of methoxy groups -OCH3 is 2. The summed E-state index contributed by atoms with van der Waals surface area (Å²) in [5, 5.41) is 0.351. The molecule has 0 fully saturated rings. The van der Waals surface area contributed by atoms with Crippen LogP contribution >= 0.6 is 11.6 Å². The second kappa shape index (κ2) is 9.51. The number of halogens is 1. The fraction of sp³-hybridized carbons (Fsp3) is 0.381. The van der Waals surface area contributed by atoms with E-state index in [-0.39, 0.29) is 11.9 Å². The van der Waals surface area contributed by atoms with Crippen molar-refractivity contribution >= 4 is 17.5 Å². The molecular weight excluding hydrogens is 366 g/mol. The molecule has 0 aliphatic heterocycles. The summed E-state index contributed by atoms with van der Waals surface area (Å²) in [5.41, 5.74) is 1.36. The first-order valence-corrected chi connectivity index (χ1v) is 9.22. The number of hydrogen-bond donors (Lipinski definition) is 0. The number of nitrogens with zero attached hydrogens (tertiary/aromatic N) is 1. The Morgan fingerprint density at radius 2 is 1.81 bits per heavy atom. The topological polar surface area (TPSA) is 48.0 Å². The van der Waals surface area contributed by atoms with E-state index >= 15 is 0 Å². The van der Waals surface area contributed by atoms with Crippen LogP contribution in [0.25, 0.3) is 0 Å². The quantitative estimate of drug-likeness (QED) is 0.636. The van der Waals surface area contributed by atoms with Crippen molar-refractivity contribution in [3.8, 4) is 17.2 Å². The Morgan fingerprint density at radius 1 is 1.15 bits per heavy atom. The molecule has 0 aliphatic carbocycles. The van der Waals surface area contributed by atoms with E-state index in [1.165, 1.54) is 7.11 Å². The lowest BCUT2D eigenvalue weighted by molar-refractivity contribution is 0.0740. The van der Waals surface area contributed by atoms with Gasteiger partial charge in [0.05, 0.1) is 31.9 Å². The molecule has 6 heteroatoms. The van der Waals surface area contributed by atoms with Crippen LogP contribution in [0.1, 0.15) is 42.2 Å². The van der Waals surface area contributed by atoms with Gasteiger partial charge in [-0.2, -0.15) is 0 Å². The normalized spacial score (nSPS) is 11.6. The van der Waals surface area contributed by atoms with Gasteiger partial charge >= 0.3 is 0 Å². The fourth-order valence-corrected chi connectivity index (χ4v) is 3.05. The van der Waals surface area contributed by atoms with Gasteiger partial charge in [0.1, 0.15) is 5.75 Å². The Morgan fingerprint density at radius 3 is 2.44 bits per heavy atom. The highest BCUT2D eigenvalue weighted by Gasteiger charge is 2.23. The standard InChI is InChI=1S/C21H26ClNO4/c1-6-11-27-20-17(22)12-15(13-19(20)26-5)21(24)23(3)14(2)16-9-7-8-10-18(16)25-4/h7-10,12-14H,6,11H2,1-5H3. The maximum absolute atomic E-state index is 13.0. The smallest absolute Gasteiger partial charge is 0.254 e. The van der Waals surface area contributed by atoms with Gasteiger partial charge in [-0.1, -0.05) is 36.7 Å². The monoisotopic (exact) mass is 391 g/mol. The summed E-state index contributed by atoms with van der Waals surface area (Å²) in [6.07, 6.45) is 0.847. The summed E-state index contributed by atoms with van der Waals surface area (Å²) in [7, 11) is 4.90. The van der Waals surface area contributed by atoms with E-state index in [0.717, 1.165) is 17.7 Å². The van der Waals surface area contributed by atoms with Crippen molar-refractivity contribution in [3.63, 3.8) is 0 Å². The maximum atomic E-state index is 13.0. The molecule has 1 atom stereocenters. The second-order valence-corrected chi connectivity index (χ2v) is 6.58. The van der Waals surface area contributed by atoms with Crippen molar-refractivity contribution in [2.45, 2.75) is 26.3 Å². The van der Waals surface area contributed by atoms with Crippen LogP contribution in [-0.4, -0.2) is 38.7 Å². The summed E-state index contributed by atoms with van der Waals surface area (Å²) in [6, 6.07) is 10.7. The molecule has 0 N–H and O–H groups in total. The summed E-state index contributed by atoms with van der Waals surface area (Å²) in [6.45, 7) is 4.48. The Bertz CT molecular complexity index is 794. The second-order valence-electron chi connectivity index (χ2n) is 6.17. The zero-order chi connectivity index (χ0) is 20.0. The molecule has 0 spiro atoms. The maximum Gasteiger partial charge on any atom is 0.254 e. The molecule has 0 saturated carbocycles. The van der Waals surface area contributed by atoms with Crippen LogP contribution in [-0.2, 0) is 0 Å². The van der Waals surface area contributed by atoms with Gasteiger partial charge in [-0.15, -0.1) is 0 Å². The Hall–Kier alpha value is -2.40. The number of carbonyl (C=O) groups excluding carboxylic acids is 1. The molecule has 146 valence electrons. The molecule has 5 nitrogen and oxygen atoms in total. The number of ether oxygens (including phenoxy) is 3. The average Bonchev–Trinajstić information content (AvgIpc) is 2.70. The minimum atomic E-state index is -0.186. The van der Waals surface area contributed by atoms with Crippen LogP contribution in [0.4, 0.5) is 0 Å². The van der Waals surface area contributed by atoms with Crippen molar-refractivity contribution in [1.82, 2.24) is 4.90 Å².